The molecule has 0 atom stereocenters. The smallest absolute Gasteiger partial charge is 0.0974 e. The number of aliphatic hydroxyl groups is 1. The molecule has 0 bridgehead atoms. The average Bonchev–Trinajstić information content (AvgIpc) is 2.64. The second-order valence-electron chi connectivity index (χ2n) is 5.93. The number of carbonyl (C=O) groups excluding carboxylic acids is 1. The Morgan fingerprint density at radius 2 is 1.27 bits per heavy atom. The molecule has 150 valence electrons. The number of carboxylic acid groups (broad SMARTS) is 1. The second kappa shape index (κ2) is 25.6. The number of aliphatic hydroxyl groups excluding tert-OH is 1. The largest absolute Gasteiger partial charge is 0.550 e. The molecule has 0 spiro atoms. The van der Waals surface area contributed by atoms with E-state index in [1.807, 2.05) is 6.08 Å². The van der Waals surface area contributed by atoms with Crippen LogP contribution in [0.5, 0.6) is 0 Å². The van der Waals surface area contributed by atoms with Crippen LogP contribution in [0.3, 0.4) is 0 Å². The molecule has 0 unspecified atom stereocenters. The van der Waals surface area contributed by atoms with E-state index >= 15 is 0 Å². The zero-order valence-corrected chi connectivity index (χ0v) is 16.6. The highest BCUT2D eigenvalue weighted by Gasteiger charge is 1.84. The van der Waals surface area contributed by atoms with Crippen LogP contribution < -0.4 is 10.8 Å². The maximum absolute atomic E-state index is 10.2. The Kier molecular flexibility index (Phi) is 26.2. The summed E-state index contributed by atoms with van der Waals surface area (Å²) < 4.78 is 0. The molecule has 0 rings (SSSR count). The van der Waals surface area contributed by atoms with Crippen LogP contribution in [0.2, 0.25) is 0 Å². The van der Waals surface area contributed by atoms with Gasteiger partial charge in [-0.15, -0.1) is 0 Å². The fraction of sp³-hybridized carbons (Fsp3) is 0.591. The maximum Gasteiger partial charge on any atom is 0.0974 e. The van der Waals surface area contributed by atoms with E-state index in [1.165, 1.54) is 25.7 Å². The first-order chi connectivity index (χ1) is 12.7. The summed E-state index contributed by atoms with van der Waals surface area (Å²) in [5, 5.41) is 18.0. The summed E-state index contributed by atoms with van der Waals surface area (Å²) in [6, 6.07) is 0. The highest BCUT2D eigenvalue weighted by atomic mass is 16.4. The van der Waals surface area contributed by atoms with E-state index in [1.54, 1.807) is 0 Å². The summed E-state index contributed by atoms with van der Waals surface area (Å²) >= 11 is 0. The van der Waals surface area contributed by atoms with Gasteiger partial charge in [0.15, 0.2) is 0 Å². The van der Waals surface area contributed by atoms with Crippen molar-refractivity contribution in [2.24, 2.45) is 0 Å². The fourth-order valence-corrected chi connectivity index (χ4v) is 1.93. The van der Waals surface area contributed by atoms with Crippen molar-refractivity contribution in [1.82, 2.24) is 0 Å². The molecule has 0 heterocycles. The predicted octanol–water partition coefficient (Wildman–Crippen LogP) is 3.10. The number of carboxylic acids is 1. The van der Waals surface area contributed by atoms with Crippen LogP contribution >= 0.6 is 0 Å². The topological polar surface area (TPSA) is 88.0 Å². The molecule has 0 amide bonds. The number of quaternary nitrogens is 1. The molecule has 0 aromatic heterocycles. The Morgan fingerprint density at radius 3 is 1.65 bits per heavy atom. The summed E-state index contributed by atoms with van der Waals surface area (Å²) in [5.41, 5.74) is 3.35. The number of unbranched alkanes of at least 4 members (excludes halogenated alkanes) is 4. The van der Waals surface area contributed by atoms with Crippen molar-refractivity contribution in [1.29, 1.82) is 0 Å². The van der Waals surface area contributed by atoms with Crippen molar-refractivity contribution in [2.45, 2.75) is 71.1 Å². The summed E-state index contributed by atoms with van der Waals surface area (Å²) in [4.78, 5) is 10.2. The van der Waals surface area contributed by atoms with E-state index in [9.17, 15) is 9.90 Å². The van der Waals surface area contributed by atoms with Gasteiger partial charge < -0.3 is 20.7 Å². The lowest BCUT2D eigenvalue weighted by molar-refractivity contribution is -0.372. The van der Waals surface area contributed by atoms with Crippen molar-refractivity contribution >= 4 is 5.97 Å². The molecule has 0 aromatic rings. The number of hydrogen-bond acceptors (Lipinski definition) is 3. The molecule has 4 heteroatoms. The van der Waals surface area contributed by atoms with E-state index in [2.05, 4.69) is 55.2 Å². The van der Waals surface area contributed by atoms with E-state index in [0.29, 0.717) is 13.0 Å². The first kappa shape index (κ1) is 26.6. The molecule has 0 saturated heterocycles. The lowest BCUT2D eigenvalue weighted by atomic mass is 10.2. The number of hydrogen-bond donors (Lipinski definition) is 2. The maximum atomic E-state index is 10.2. The highest BCUT2D eigenvalue weighted by Crippen LogP contribution is 2.01. The van der Waals surface area contributed by atoms with Gasteiger partial charge in [-0.2, -0.15) is 0 Å². The third-order valence-electron chi connectivity index (χ3n) is 3.37. The van der Waals surface area contributed by atoms with Crippen molar-refractivity contribution in [2.75, 3.05) is 13.2 Å². The van der Waals surface area contributed by atoms with Crippen molar-refractivity contribution in [3.8, 4) is 0 Å². The summed E-state index contributed by atoms with van der Waals surface area (Å²) in [6.45, 7) is 3.06. The molecule has 0 radical (unpaired) electrons. The molecule has 0 aliphatic carbocycles. The van der Waals surface area contributed by atoms with Gasteiger partial charge in [0.25, 0.3) is 0 Å². The van der Waals surface area contributed by atoms with Gasteiger partial charge in [0, 0.05) is 5.97 Å². The van der Waals surface area contributed by atoms with Crippen LogP contribution in [-0.2, 0) is 4.79 Å². The van der Waals surface area contributed by atoms with Gasteiger partial charge >= 0.3 is 0 Å². The molecular formula is C22H39NO3. The Balaban J connectivity index is 0. The standard InChI is InChI=1S/C20H32O2.C2H7NO/c1-2-3-4-5-6-7-8-9-10-11-12-13-14-15-16-17-18-19-20(21)22;3-1-2-4/h6-7,9-10,12-13,15-16H,2-5,8,11,14,17-19H2,1H3,(H,21,22);4H,1-3H2/b7-6-,10-9-,13-12-,16-15-;. The normalized spacial score (nSPS) is 11.7. The van der Waals surface area contributed by atoms with E-state index in [0.717, 1.165) is 25.7 Å². The van der Waals surface area contributed by atoms with Gasteiger partial charge in [-0.25, -0.2) is 0 Å². The molecule has 0 aliphatic heterocycles. The average molecular weight is 366 g/mol. The van der Waals surface area contributed by atoms with Crippen molar-refractivity contribution in [3.05, 3.63) is 48.6 Å². The Labute approximate surface area is 160 Å². The third kappa shape index (κ3) is 30.3. The van der Waals surface area contributed by atoms with E-state index < -0.39 is 5.97 Å². The van der Waals surface area contributed by atoms with Crippen LogP contribution in [-0.4, -0.2) is 24.2 Å². The van der Waals surface area contributed by atoms with Crippen LogP contribution in [0, 0.1) is 0 Å². The van der Waals surface area contributed by atoms with Crippen LogP contribution in [0.15, 0.2) is 48.6 Å². The zero-order valence-electron chi connectivity index (χ0n) is 16.6. The van der Waals surface area contributed by atoms with Crippen molar-refractivity contribution in [3.63, 3.8) is 0 Å². The van der Waals surface area contributed by atoms with Crippen molar-refractivity contribution < 1.29 is 20.7 Å². The van der Waals surface area contributed by atoms with Gasteiger partial charge in [-0.3, -0.25) is 0 Å². The predicted molar refractivity (Wildman–Crippen MR) is 108 cm³/mol. The lowest BCUT2D eigenvalue weighted by Gasteiger charge is -1.97. The van der Waals surface area contributed by atoms with E-state index in [-0.39, 0.29) is 13.0 Å². The van der Waals surface area contributed by atoms with Crippen LogP contribution in [0.1, 0.15) is 71.1 Å². The monoisotopic (exact) mass is 365 g/mol. The Bertz CT molecular complexity index is 396. The fourth-order valence-electron chi connectivity index (χ4n) is 1.93. The van der Waals surface area contributed by atoms with Gasteiger partial charge in [0.2, 0.25) is 0 Å². The first-order valence-corrected chi connectivity index (χ1v) is 9.88. The zero-order chi connectivity index (χ0) is 19.7. The second-order valence-corrected chi connectivity index (χ2v) is 5.93. The number of allylic oxidation sites excluding steroid dienone is 8. The van der Waals surface area contributed by atoms with Crippen LogP contribution in [0.4, 0.5) is 0 Å². The van der Waals surface area contributed by atoms with Gasteiger partial charge in [-0.05, 0) is 51.4 Å². The lowest BCUT2D eigenvalue weighted by Crippen LogP contribution is -2.51. The van der Waals surface area contributed by atoms with Crippen LogP contribution in [0.25, 0.3) is 0 Å². The minimum atomic E-state index is -0.962. The number of aliphatic carboxylic acids is 1. The molecule has 0 saturated carbocycles. The Hall–Kier alpha value is -1.65. The molecule has 4 nitrogen and oxygen atoms in total. The summed E-state index contributed by atoms with van der Waals surface area (Å²) in [6.07, 6.45) is 27.0. The molecule has 4 N–H and O–H groups in total. The molecule has 0 aliphatic rings. The van der Waals surface area contributed by atoms with Gasteiger partial charge in [0.05, 0.1) is 13.2 Å². The third-order valence-corrected chi connectivity index (χ3v) is 3.37. The molecule has 0 aromatic carbocycles. The summed E-state index contributed by atoms with van der Waals surface area (Å²) in [5.74, 6) is -0.962. The molecule has 0 fully saturated rings. The van der Waals surface area contributed by atoms with E-state index in [4.69, 9.17) is 5.11 Å². The highest BCUT2D eigenvalue weighted by molar-refractivity contribution is 5.64. The van der Waals surface area contributed by atoms with Gasteiger partial charge in [0.1, 0.15) is 0 Å². The SMILES string of the molecule is CCCCC/C=C\C/C=C\C/C=C\C/C=C\CCCC(=O)[O-].[NH3+]CCO. The van der Waals surface area contributed by atoms with Gasteiger partial charge in [-0.1, -0.05) is 68.4 Å². The minimum absolute atomic E-state index is 0.151. The molecular weight excluding hydrogens is 326 g/mol. The first-order valence-electron chi connectivity index (χ1n) is 9.88. The quantitative estimate of drug-likeness (QED) is 0.345. The number of carbonyl (C=O) groups is 1. The Morgan fingerprint density at radius 1 is 0.846 bits per heavy atom. The number of rotatable bonds is 15. The minimum Gasteiger partial charge on any atom is -0.550 e. The molecule has 26 heavy (non-hydrogen) atoms. The summed E-state index contributed by atoms with van der Waals surface area (Å²) in [7, 11) is 0.